The standard InChI is InChI=1S/C21H23FN2O2/c1-21(2,3)26-20(25)24-11-14-8-13(9-15(14)12-24)17-6-7-23-19-5-4-16(22)10-18(17)19/h4-8,10,14-15H,9,11-12H2,1-3H3/t14-,15+/m0/s1. The maximum Gasteiger partial charge on any atom is 0.410 e. The van der Waals surface area contributed by atoms with Crippen molar-refractivity contribution in [3.05, 3.63) is 47.9 Å². The molecule has 2 atom stereocenters. The lowest BCUT2D eigenvalue weighted by molar-refractivity contribution is 0.0285. The third-order valence-corrected chi connectivity index (χ3v) is 5.09. The Bertz CT molecular complexity index is 901. The zero-order valence-corrected chi connectivity index (χ0v) is 15.3. The van der Waals surface area contributed by atoms with Crippen molar-refractivity contribution in [1.29, 1.82) is 0 Å². The molecule has 1 aliphatic carbocycles. The van der Waals surface area contributed by atoms with Gasteiger partial charge in [0.25, 0.3) is 0 Å². The van der Waals surface area contributed by atoms with E-state index in [9.17, 15) is 9.18 Å². The number of halogens is 1. The molecule has 1 fully saturated rings. The van der Waals surface area contributed by atoms with E-state index in [1.807, 2.05) is 26.8 Å². The summed E-state index contributed by atoms with van der Waals surface area (Å²) < 4.78 is 19.2. The molecule has 2 aliphatic rings. The van der Waals surface area contributed by atoms with Gasteiger partial charge in [0.15, 0.2) is 0 Å². The second-order valence-corrected chi connectivity index (χ2v) is 8.23. The van der Waals surface area contributed by atoms with Crippen molar-refractivity contribution >= 4 is 22.6 Å². The van der Waals surface area contributed by atoms with Gasteiger partial charge in [-0.25, -0.2) is 9.18 Å². The van der Waals surface area contributed by atoms with E-state index >= 15 is 0 Å². The minimum absolute atomic E-state index is 0.238. The van der Waals surface area contributed by atoms with Crippen LogP contribution in [0.2, 0.25) is 0 Å². The van der Waals surface area contributed by atoms with Crippen molar-refractivity contribution in [2.75, 3.05) is 13.1 Å². The van der Waals surface area contributed by atoms with Crippen LogP contribution in [0.15, 0.2) is 36.5 Å². The van der Waals surface area contributed by atoms with Gasteiger partial charge in [0.1, 0.15) is 11.4 Å². The number of allylic oxidation sites excluding steroid dienone is 1. The highest BCUT2D eigenvalue weighted by Crippen LogP contribution is 2.42. The largest absolute Gasteiger partial charge is 0.444 e. The van der Waals surface area contributed by atoms with E-state index in [1.165, 1.54) is 11.6 Å². The van der Waals surface area contributed by atoms with Crippen LogP contribution >= 0.6 is 0 Å². The smallest absolute Gasteiger partial charge is 0.410 e. The molecule has 1 amide bonds. The lowest BCUT2D eigenvalue weighted by Gasteiger charge is -2.24. The van der Waals surface area contributed by atoms with Crippen LogP contribution in [0.4, 0.5) is 9.18 Å². The maximum absolute atomic E-state index is 13.7. The summed E-state index contributed by atoms with van der Waals surface area (Å²) in [6.45, 7) is 7.03. The Balaban J connectivity index is 1.56. The minimum Gasteiger partial charge on any atom is -0.444 e. The van der Waals surface area contributed by atoms with Crippen molar-refractivity contribution < 1.29 is 13.9 Å². The Morgan fingerprint density at radius 3 is 2.81 bits per heavy atom. The number of rotatable bonds is 1. The Labute approximate surface area is 152 Å². The maximum atomic E-state index is 13.7. The molecule has 1 saturated heterocycles. The summed E-state index contributed by atoms with van der Waals surface area (Å²) in [6, 6.07) is 6.67. The van der Waals surface area contributed by atoms with Crippen LogP contribution in [0, 0.1) is 17.7 Å². The number of ether oxygens (including phenoxy) is 1. The molecule has 1 aromatic carbocycles. The third-order valence-electron chi connectivity index (χ3n) is 5.09. The number of carbonyl (C=O) groups excluding carboxylic acids is 1. The number of hydrogen-bond acceptors (Lipinski definition) is 3. The van der Waals surface area contributed by atoms with Crippen LogP contribution < -0.4 is 0 Å². The van der Waals surface area contributed by atoms with Crippen molar-refractivity contribution in [2.45, 2.75) is 32.8 Å². The second-order valence-electron chi connectivity index (χ2n) is 8.23. The van der Waals surface area contributed by atoms with Crippen molar-refractivity contribution in [3.8, 4) is 0 Å². The Morgan fingerprint density at radius 1 is 1.27 bits per heavy atom. The van der Waals surface area contributed by atoms with E-state index in [4.69, 9.17) is 4.74 Å². The molecule has 0 unspecified atom stereocenters. The number of amides is 1. The highest BCUT2D eigenvalue weighted by molar-refractivity contribution is 5.92. The molecule has 1 aromatic heterocycles. The van der Waals surface area contributed by atoms with Gasteiger partial charge in [-0.3, -0.25) is 4.98 Å². The number of nitrogens with zero attached hydrogens (tertiary/aromatic N) is 2. The molecule has 0 saturated carbocycles. The zero-order valence-electron chi connectivity index (χ0n) is 15.3. The van der Waals surface area contributed by atoms with Crippen LogP contribution in [0.5, 0.6) is 0 Å². The first kappa shape index (κ1) is 17.0. The normalized spacial score (nSPS) is 22.5. The van der Waals surface area contributed by atoms with Gasteiger partial charge in [-0.1, -0.05) is 6.08 Å². The number of benzene rings is 1. The van der Waals surface area contributed by atoms with Gasteiger partial charge in [0, 0.05) is 24.7 Å². The fourth-order valence-corrected chi connectivity index (χ4v) is 3.98. The van der Waals surface area contributed by atoms with Gasteiger partial charge < -0.3 is 9.64 Å². The highest BCUT2D eigenvalue weighted by atomic mass is 19.1. The molecule has 1 aliphatic heterocycles. The van der Waals surface area contributed by atoms with Gasteiger partial charge in [0.2, 0.25) is 0 Å². The van der Waals surface area contributed by atoms with Gasteiger partial charge in [-0.2, -0.15) is 0 Å². The van der Waals surface area contributed by atoms with Crippen LogP contribution in [0.1, 0.15) is 32.8 Å². The average molecular weight is 354 g/mol. The van der Waals surface area contributed by atoms with E-state index in [0.29, 0.717) is 24.9 Å². The average Bonchev–Trinajstić information content (AvgIpc) is 3.11. The summed E-state index contributed by atoms with van der Waals surface area (Å²) in [5, 5.41) is 0.850. The number of likely N-dealkylation sites (tertiary alicyclic amines) is 1. The van der Waals surface area contributed by atoms with Crippen molar-refractivity contribution in [2.24, 2.45) is 11.8 Å². The number of pyridine rings is 1. The molecule has 0 radical (unpaired) electrons. The Kier molecular flexibility index (Phi) is 3.98. The summed E-state index contributed by atoms with van der Waals surface area (Å²) in [5.41, 5.74) is 2.60. The lowest BCUT2D eigenvalue weighted by Crippen LogP contribution is -2.35. The van der Waals surface area contributed by atoms with Crippen LogP contribution in [-0.4, -0.2) is 34.7 Å². The number of carbonyl (C=O) groups is 1. The predicted molar refractivity (Wildman–Crippen MR) is 99.1 cm³/mol. The Hall–Kier alpha value is -2.43. The first-order valence-corrected chi connectivity index (χ1v) is 9.03. The minimum atomic E-state index is -0.476. The van der Waals surface area contributed by atoms with Crippen molar-refractivity contribution in [3.63, 3.8) is 0 Å². The molecule has 0 bridgehead atoms. The molecule has 0 N–H and O–H groups in total. The molecule has 5 heteroatoms. The lowest BCUT2D eigenvalue weighted by atomic mass is 9.97. The van der Waals surface area contributed by atoms with Gasteiger partial charge in [0.05, 0.1) is 5.52 Å². The SMILES string of the molecule is CC(C)(C)OC(=O)N1C[C@H]2CC(c3ccnc4ccc(F)cc34)=C[C@H]2C1. The third kappa shape index (κ3) is 3.18. The van der Waals surface area contributed by atoms with Crippen LogP contribution in [-0.2, 0) is 4.74 Å². The molecule has 4 nitrogen and oxygen atoms in total. The van der Waals surface area contributed by atoms with Gasteiger partial charge in [-0.05, 0) is 74.4 Å². The summed E-state index contributed by atoms with van der Waals surface area (Å²) in [4.78, 5) is 18.4. The first-order chi connectivity index (χ1) is 12.3. The van der Waals surface area contributed by atoms with E-state index in [1.54, 1.807) is 23.2 Å². The van der Waals surface area contributed by atoms with Gasteiger partial charge in [-0.15, -0.1) is 0 Å². The van der Waals surface area contributed by atoms with E-state index in [2.05, 4.69) is 11.1 Å². The zero-order chi connectivity index (χ0) is 18.5. The summed E-state index contributed by atoms with van der Waals surface area (Å²) in [5.74, 6) is 0.477. The number of fused-ring (bicyclic) bond motifs is 2. The van der Waals surface area contributed by atoms with Crippen molar-refractivity contribution in [1.82, 2.24) is 9.88 Å². The second kappa shape index (κ2) is 6.08. The molecule has 136 valence electrons. The highest BCUT2D eigenvalue weighted by Gasteiger charge is 2.40. The quantitative estimate of drug-likeness (QED) is 0.749. The molecule has 2 aromatic rings. The summed E-state index contributed by atoms with van der Waals surface area (Å²) in [6.07, 6.45) is 4.67. The monoisotopic (exact) mass is 354 g/mol. The van der Waals surface area contributed by atoms with E-state index in [-0.39, 0.29) is 11.9 Å². The molecule has 26 heavy (non-hydrogen) atoms. The number of hydrogen-bond donors (Lipinski definition) is 0. The summed E-state index contributed by atoms with van der Waals surface area (Å²) >= 11 is 0. The predicted octanol–water partition coefficient (Wildman–Crippen LogP) is 4.64. The summed E-state index contributed by atoms with van der Waals surface area (Å²) in [7, 11) is 0. The number of aromatic nitrogens is 1. The van der Waals surface area contributed by atoms with Gasteiger partial charge >= 0.3 is 6.09 Å². The first-order valence-electron chi connectivity index (χ1n) is 9.03. The topological polar surface area (TPSA) is 42.4 Å². The Morgan fingerprint density at radius 2 is 2.08 bits per heavy atom. The molecular weight excluding hydrogens is 331 g/mol. The fraction of sp³-hybridized carbons (Fsp3) is 0.429. The molecule has 2 heterocycles. The molecule has 4 rings (SSSR count). The van der Waals surface area contributed by atoms with E-state index < -0.39 is 5.60 Å². The van der Waals surface area contributed by atoms with E-state index in [0.717, 1.165) is 22.9 Å². The van der Waals surface area contributed by atoms with Crippen LogP contribution in [0.25, 0.3) is 16.5 Å². The fourth-order valence-electron chi connectivity index (χ4n) is 3.98. The molecule has 0 spiro atoms. The van der Waals surface area contributed by atoms with Crippen LogP contribution in [0.3, 0.4) is 0 Å². The molecular formula is C21H23FN2O2.